The van der Waals surface area contributed by atoms with Crippen molar-refractivity contribution in [3.8, 4) is 0 Å². The number of amides is 2. The van der Waals surface area contributed by atoms with Gasteiger partial charge >= 0.3 is 5.97 Å². The van der Waals surface area contributed by atoms with Crippen LogP contribution in [0.4, 0.5) is 0 Å². The highest BCUT2D eigenvalue weighted by molar-refractivity contribution is 6.13. The van der Waals surface area contributed by atoms with Gasteiger partial charge in [-0.25, -0.2) is 0 Å². The molecule has 100 valence electrons. The van der Waals surface area contributed by atoms with Crippen molar-refractivity contribution in [2.75, 3.05) is 7.11 Å². The van der Waals surface area contributed by atoms with Gasteiger partial charge in [-0.15, -0.1) is 0 Å². The fourth-order valence-corrected chi connectivity index (χ4v) is 2.51. The van der Waals surface area contributed by atoms with Crippen LogP contribution in [0, 0.1) is 5.41 Å². The fraction of sp³-hybridized carbons (Fsp3) is 0.615. The molecule has 0 N–H and O–H groups in total. The molecule has 0 unspecified atom stereocenters. The first-order chi connectivity index (χ1) is 8.12. The number of rotatable bonds is 4. The molecule has 0 aromatic carbocycles. The lowest BCUT2D eigenvalue weighted by Gasteiger charge is -2.38. The van der Waals surface area contributed by atoms with E-state index in [0.29, 0.717) is 6.42 Å². The monoisotopic (exact) mass is 253 g/mol. The molecule has 1 rings (SSSR count). The Bertz CT molecular complexity index is 403. The highest BCUT2D eigenvalue weighted by Crippen LogP contribution is 2.34. The van der Waals surface area contributed by atoms with Gasteiger partial charge in [-0.3, -0.25) is 19.3 Å². The SMILES string of the molecule is COC(=O)C(C)(C)CC(C)(C)N1C(=O)C=CC1=O. The first kappa shape index (κ1) is 14.4. The Labute approximate surface area is 107 Å². The molecular weight excluding hydrogens is 234 g/mol. The third-order valence-electron chi connectivity index (χ3n) is 3.03. The molecule has 0 atom stereocenters. The minimum atomic E-state index is -0.762. The molecule has 0 aliphatic carbocycles. The van der Waals surface area contributed by atoms with E-state index in [0.717, 1.165) is 0 Å². The van der Waals surface area contributed by atoms with Gasteiger partial charge in [0.25, 0.3) is 11.8 Å². The molecule has 0 aromatic rings. The molecule has 0 saturated carbocycles. The average molecular weight is 253 g/mol. The largest absolute Gasteiger partial charge is 0.469 e. The predicted octanol–water partition coefficient (Wildman–Crippen LogP) is 1.28. The number of esters is 1. The molecule has 1 heterocycles. The Morgan fingerprint density at radius 2 is 1.61 bits per heavy atom. The normalized spacial score (nSPS) is 16.4. The summed E-state index contributed by atoms with van der Waals surface area (Å²) in [6.07, 6.45) is 2.83. The number of ether oxygens (including phenoxy) is 1. The molecule has 0 radical (unpaired) electrons. The van der Waals surface area contributed by atoms with E-state index in [4.69, 9.17) is 4.74 Å². The lowest BCUT2D eigenvalue weighted by molar-refractivity contribution is -0.156. The molecule has 0 spiro atoms. The molecule has 0 saturated heterocycles. The quantitative estimate of drug-likeness (QED) is 0.559. The van der Waals surface area contributed by atoms with E-state index in [2.05, 4.69) is 0 Å². The predicted molar refractivity (Wildman–Crippen MR) is 65.5 cm³/mol. The second-order valence-corrected chi connectivity index (χ2v) is 5.71. The van der Waals surface area contributed by atoms with Gasteiger partial charge in [0.1, 0.15) is 0 Å². The summed E-state index contributed by atoms with van der Waals surface area (Å²) in [5, 5.41) is 0. The van der Waals surface area contributed by atoms with Gasteiger partial charge in [0.15, 0.2) is 0 Å². The lowest BCUT2D eigenvalue weighted by atomic mass is 9.79. The summed E-state index contributed by atoms with van der Waals surface area (Å²) in [4.78, 5) is 36.2. The maximum absolute atomic E-state index is 11.7. The lowest BCUT2D eigenvalue weighted by Crippen LogP contribution is -2.51. The highest BCUT2D eigenvalue weighted by Gasteiger charge is 2.43. The fourth-order valence-electron chi connectivity index (χ4n) is 2.51. The number of carbonyl (C=O) groups is 3. The zero-order chi connectivity index (χ0) is 14.1. The molecule has 18 heavy (non-hydrogen) atoms. The van der Waals surface area contributed by atoms with Crippen LogP contribution in [0.25, 0.3) is 0 Å². The molecule has 5 heteroatoms. The Morgan fingerprint density at radius 1 is 1.17 bits per heavy atom. The Morgan fingerprint density at radius 3 is 2.00 bits per heavy atom. The molecule has 0 bridgehead atoms. The molecule has 1 aliphatic rings. The van der Waals surface area contributed by atoms with Crippen molar-refractivity contribution in [3.63, 3.8) is 0 Å². The second-order valence-electron chi connectivity index (χ2n) is 5.71. The molecule has 0 fully saturated rings. The summed E-state index contributed by atoms with van der Waals surface area (Å²) >= 11 is 0. The van der Waals surface area contributed by atoms with E-state index in [1.807, 2.05) is 0 Å². The number of imide groups is 1. The van der Waals surface area contributed by atoms with Crippen LogP contribution in [-0.4, -0.2) is 35.3 Å². The molecular formula is C13H19NO4. The highest BCUT2D eigenvalue weighted by atomic mass is 16.5. The van der Waals surface area contributed by atoms with Crippen LogP contribution in [0.3, 0.4) is 0 Å². The molecule has 5 nitrogen and oxygen atoms in total. The van der Waals surface area contributed by atoms with Gasteiger partial charge in [0, 0.05) is 17.7 Å². The van der Waals surface area contributed by atoms with Crippen molar-refractivity contribution in [3.05, 3.63) is 12.2 Å². The summed E-state index contributed by atoms with van der Waals surface area (Å²) in [5.74, 6) is -1.04. The number of methoxy groups -OCH3 is 1. The third kappa shape index (κ3) is 2.60. The van der Waals surface area contributed by atoms with Crippen molar-refractivity contribution in [2.24, 2.45) is 5.41 Å². The van der Waals surface area contributed by atoms with Crippen molar-refractivity contribution in [1.29, 1.82) is 0 Å². The minimum absolute atomic E-state index is 0.339. The number of carbonyl (C=O) groups excluding carboxylic acids is 3. The molecule has 2 amide bonds. The van der Waals surface area contributed by atoms with Gasteiger partial charge in [-0.05, 0) is 34.1 Å². The summed E-state index contributed by atoms with van der Waals surface area (Å²) < 4.78 is 4.73. The van der Waals surface area contributed by atoms with E-state index in [1.54, 1.807) is 27.7 Å². The van der Waals surface area contributed by atoms with Crippen molar-refractivity contribution < 1.29 is 19.1 Å². The Kier molecular flexibility index (Phi) is 3.64. The topological polar surface area (TPSA) is 63.7 Å². The third-order valence-corrected chi connectivity index (χ3v) is 3.03. The van der Waals surface area contributed by atoms with E-state index in [9.17, 15) is 14.4 Å². The van der Waals surface area contributed by atoms with Gasteiger partial charge in [-0.1, -0.05) is 0 Å². The van der Waals surface area contributed by atoms with E-state index in [-0.39, 0.29) is 17.8 Å². The standard InChI is InChI=1S/C13H19NO4/c1-12(2,11(17)18-5)8-13(3,4)14-9(15)6-7-10(14)16/h6-7H,8H2,1-5H3. The first-order valence-corrected chi connectivity index (χ1v) is 5.76. The summed E-state index contributed by atoms with van der Waals surface area (Å²) in [7, 11) is 1.32. The van der Waals surface area contributed by atoms with Gasteiger partial charge in [0.05, 0.1) is 12.5 Å². The molecule has 1 aliphatic heterocycles. The van der Waals surface area contributed by atoms with E-state index >= 15 is 0 Å². The maximum atomic E-state index is 11.7. The smallest absolute Gasteiger partial charge is 0.311 e. The Hall–Kier alpha value is -1.65. The minimum Gasteiger partial charge on any atom is -0.469 e. The van der Waals surface area contributed by atoms with Crippen LogP contribution >= 0.6 is 0 Å². The van der Waals surface area contributed by atoms with Crippen LogP contribution in [0.15, 0.2) is 12.2 Å². The van der Waals surface area contributed by atoms with E-state index < -0.39 is 11.0 Å². The van der Waals surface area contributed by atoms with Gasteiger partial charge < -0.3 is 4.74 Å². The van der Waals surface area contributed by atoms with Gasteiger partial charge in [-0.2, -0.15) is 0 Å². The maximum Gasteiger partial charge on any atom is 0.311 e. The van der Waals surface area contributed by atoms with Crippen molar-refractivity contribution >= 4 is 17.8 Å². The van der Waals surface area contributed by atoms with Crippen LogP contribution < -0.4 is 0 Å². The zero-order valence-corrected chi connectivity index (χ0v) is 11.4. The van der Waals surface area contributed by atoms with E-state index in [1.165, 1.54) is 24.2 Å². The number of hydrogen-bond donors (Lipinski definition) is 0. The summed E-state index contributed by atoms with van der Waals surface area (Å²) in [6, 6.07) is 0. The van der Waals surface area contributed by atoms with Crippen LogP contribution in [0.2, 0.25) is 0 Å². The van der Waals surface area contributed by atoms with Crippen LogP contribution in [0.1, 0.15) is 34.1 Å². The second kappa shape index (κ2) is 4.55. The summed E-state index contributed by atoms with van der Waals surface area (Å²) in [6.45, 7) is 7.00. The van der Waals surface area contributed by atoms with Crippen LogP contribution in [0.5, 0.6) is 0 Å². The number of nitrogens with zero attached hydrogens (tertiary/aromatic N) is 1. The average Bonchev–Trinajstić information content (AvgIpc) is 2.56. The zero-order valence-electron chi connectivity index (χ0n) is 11.4. The van der Waals surface area contributed by atoms with Crippen LogP contribution in [-0.2, 0) is 19.1 Å². The van der Waals surface area contributed by atoms with Crippen molar-refractivity contribution in [1.82, 2.24) is 4.90 Å². The first-order valence-electron chi connectivity index (χ1n) is 5.76. The Balaban J connectivity index is 2.92. The van der Waals surface area contributed by atoms with Gasteiger partial charge in [0.2, 0.25) is 0 Å². The molecule has 0 aromatic heterocycles. The number of hydrogen-bond acceptors (Lipinski definition) is 4. The van der Waals surface area contributed by atoms with Crippen molar-refractivity contribution in [2.45, 2.75) is 39.7 Å². The summed E-state index contributed by atoms with van der Waals surface area (Å²) in [5.41, 5.74) is -1.50.